The van der Waals surface area contributed by atoms with Crippen molar-refractivity contribution in [2.75, 3.05) is 7.11 Å². The Kier molecular flexibility index (Phi) is 4.33. The van der Waals surface area contributed by atoms with Gasteiger partial charge in [-0.25, -0.2) is 0 Å². The average Bonchev–Trinajstić information content (AvgIpc) is 2.90. The smallest absolute Gasteiger partial charge is 0.115 e. The van der Waals surface area contributed by atoms with Gasteiger partial charge in [-0.1, -0.05) is 13.0 Å². The second-order valence-electron chi connectivity index (χ2n) is 8.79. The van der Waals surface area contributed by atoms with Crippen molar-refractivity contribution >= 4 is 0 Å². The van der Waals surface area contributed by atoms with E-state index in [0.29, 0.717) is 29.9 Å². The molecule has 6 atom stereocenters. The lowest BCUT2D eigenvalue weighted by Crippen LogP contribution is -2.55. The van der Waals surface area contributed by atoms with Crippen LogP contribution in [-0.4, -0.2) is 29.0 Å². The van der Waals surface area contributed by atoms with Crippen LogP contribution in [0.2, 0.25) is 0 Å². The summed E-state index contributed by atoms with van der Waals surface area (Å²) in [6, 6.07) is 5.83. The Labute approximate surface area is 156 Å². The molecule has 3 aliphatic carbocycles. The van der Waals surface area contributed by atoms with Crippen molar-refractivity contribution in [1.82, 2.24) is 0 Å². The molecule has 1 aromatic carbocycles. The lowest BCUT2D eigenvalue weighted by atomic mass is 9.52. The highest BCUT2D eigenvalue weighted by molar-refractivity contribution is 5.41. The minimum atomic E-state index is -0.711. The summed E-state index contributed by atoms with van der Waals surface area (Å²) in [4.78, 5) is 0. The van der Waals surface area contributed by atoms with Crippen LogP contribution in [0.25, 0.3) is 0 Å². The van der Waals surface area contributed by atoms with Gasteiger partial charge >= 0.3 is 0 Å². The molecule has 0 bridgehead atoms. The second-order valence-corrected chi connectivity index (χ2v) is 8.79. The third-order valence-electron chi connectivity index (χ3n) is 7.85. The van der Waals surface area contributed by atoms with Crippen LogP contribution in [0.1, 0.15) is 63.0 Å². The van der Waals surface area contributed by atoms with Crippen LogP contribution in [0.3, 0.4) is 0 Å². The van der Waals surface area contributed by atoms with E-state index < -0.39 is 5.60 Å². The third kappa shape index (κ3) is 2.42. The van der Waals surface area contributed by atoms with E-state index in [4.69, 9.17) is 4.74 Å². The van der Waals surface area contributed by atoms with Gasteiger partial charge in [0.1, 0.15) is 5.75 Å². The molecule has 0 aliphatic heterocycles. The van der Waals surface area contributed by atoms with Gasteiger partial charge in [-0.2, -0.15) is 0 Å². The van der Waals surface area contributed by atoms with Crippen molar-refractivity contribution in [2.45, 2.75) is 70.0 Å². The van der Waals surface area contributed by atoms with Gasteiger partial charge in [0.2, 0.25) is 0 Å². The van der Waals surface area contributed by atoms with E-state index in [0.717, 1.165) is 32.1 Å². The number of aromatic hydroxyl groups is 1. The van der Waals surface area contributed by atoms with Crippen LogP contribution in [0.5, 0.6) is 5.75 Å². The molecule has 3 aliphatic rings. The SMILES string of the molecule is CC#CC[C@]1(O)CCC2C3CCc4cc(O)ccc4C3C(OC)C[C@@]21C. The van der Waals surface area contributed by atoms with E-state index in [1.165, 1.54) is 11.1 Å². The Balaban J connectivity index is 1.74. The van der Waals surface area contributed by atoms with Gasteiger partial charge in [0.25, 0.3) is 0 Å². The number of benzene rings is 1. The Bertz CT molecular complexity index is 760. The van der Waals surface area contributed by atoms with E-state index in [9.17, 15) is 10.2 Å². The number of phenols is 1. The zero-order chi connectivity index (χ0) is 18.5. The summed E-state index contributed by atoms with van der Waals surface area (Å²) in [7, 11) is 1.81. The van der Waals surface area contributed by atoms with Gasteiger partial charge in [0.15, 0.2) is 0 Å². The molecule has 140 valence electrons. The van der Waals surface area contributed by atoms with Crippen molar-refractivity contribution in [1.29, 1.82) is 0 Å². The Hall–Kier alpha value is -1.50. The highest BCUT2D eigenvalue weighted by Gasteiger charge is 2.63. The van der Waals surface area contributed by atoms with Crippen LogP contribution >= 0.6 is 0 Å². The molecule has 0 amide bonds. The summed E-state index contributed by atoms with van der Waals surface area (Å²) in [5.41, 5.74) is 1.75. The predicted octanol–water partition coefficient (Wildman–Crippen LogP) is 4.02. The molecule has 0 saturated heterocycles. The zero-order valence-corrected chi connectivity index (χ0v) is 16.1. The molecule has 1 aromatic rings. The van der Waals surface area contributed by atoms with E-state index in [-0.39, 0.29) is 11.5 Å². The van der Waals surface area contributed by atoms with Crippen molar-refractivity contribution in [3.8, 4) is 17.6 Å². The highest BCUT2D eigenvalue weighted by Crippen LogP contribution is 2.65. The molecule has 0 heterocycles. The van der Waals surface area contributed by atoms with Crippen LogP contribution in [0.15, 0.2) is 18.2 Å². The van der Waals surface area contributed by atoms with Gasteiger partial charge in [0.05, 0.1) is 11.7 Å². The summed E-state index contributed by atoms with van der Waals surface area (Å²) >= 11 is 0. The van der Waals surface area contributed by atoms with E-state index in [2.05, 4.69) is 24.8 Å². The molecule has 0 aromatic heterocycles. The molecule has 2 fully saturated rings. The normalized spacial score (nSPS) is 40.8. The van der Waals surface area contributed by atoms with E-state index in [1.807, 2.05) is 19.1 Å². The number of methoxy groups -OCH3 is 1. The molecular weight excluding hydrogens is 324 g/mol. The molecule has 0 spiro atoms. The molecule has 2 N–H and O–H groups in total. The van der Waals surface area contributed by atoms with Gasteiger partial charge in [0, 0.05) is 24.9 Å². The van der Waals surface area contributed by atoms with Crippen molar-refractivity contribution in [3.05, 3.63) is 29.3 Å². The first kappa shape index (κ1) is 17.9. The Morgan fingerprint density at radius 2 is 2.12 bits per heavy atom. The standard InChI is InChI=1S/C23H30O3/c1-4-5-11-23(25)12-10-19-18-8-6-15-13-16(24)7-9-17(15)21(18)20(26-3)14-22(19,23)2/h7,9,13,18-21,24-25H,6,8,10-12,14H2,1-3H3/t18?,19?,20?,21?,22-,23-/m0/s1. The maximum Gasteiger partial charge on any atom is 0.115 e. The van der Waals surface area contributed by atoms with Gasteiger partial charge in [-0.3, -0.25) is 0 Å². The summed E-state index contributed by atoms with van der Waals surface area (Å²) in [5.74, 6) is 7.86. The first-order chi connectivity index (χ1) is 12.4. The molecule has 0 radical (unpaired) electrons. The topological polar surface area (TPSA) is 49.7 Å². The molecule has 2 saturated carbocycles. The van der Waals surface area contributed by atoms with E-state index >= 15 is 0 Å². The lowest BCUT2D eigenvalue weighted by Gasteiger charge is -2.55. The fourth-order valence-corrected chi connectivity index (χ4v) is 6.46. The van der Waals surface area contributed by atoms with Crippen molar-refractivity contribution < 1.29 is 14.9 Å². The molecule has 4 unspecified atom stereocenters. The summed E-state index contributed by atoms with van der Waals surface area (Å²) in [5, 5.41) is 21.4. The number of aliphatic hydroxyl groups is 1. The van der Waals surface area contributed by atoms with Crippen molar-refractivity contribution in [2.24, 2.45) is 17.3 Å². The maximum absolute atomic E-state index is 11.5. The fraction of sp³-hybridized carbons (Fsp3) is 0.652. The van der Waals surface area contributed by atoms with Crippen molar-refractivity contribution in [3.63, 3.8) is 0 Å². The van der Waals surface area contributed by atoms with Gasteiger partial charge in [-0.15, -0.1) is 11.8 Å². The quantitative estimate of drug-likeness (QED) is 0.789. The first-order valence-corrected chi connectivity index (χ1v) is 9.90. The number of hydrogen-bond acceptors (Lipinski definition) is 3. The third-order valence-corrected chi connectivity index (χ3v) is 7.85. The number of fused-ring (bicyclic) bond motifs is 5. The van der Waals surface area contributed by atoms with E-state index in [1.54, 1.807) is 7.11 Å². The summed E-state index contributed by atoms with van der Waals surface area (Å²) < 4.78 is 6.01. The number of phenolic OH excluding ortho intramolecular Hbond substituents is 1. The molecule has 3 heteroatoms. The zero-order valence-electron chi connectivity index (χ0n) is 16.1. The summed E-state index contributed by atoms with van der Waals surface area (Å²) in [6.07, 6.45) is 5.56. The average molecular weight is 354 g/mol. The van der Waals surface area contributed by atoms with Gasteiger partial charge in [-0.05, 0) is 74.1 Å². The van der Waals surface area contributed by atoms with Crippen LogP contribution < -0.4 is 0 Å². The van der Waals surface area contributed by atoms with Gasteiger partial charge < -0.3 is 14.9 Å². The summed E-state index contributed by atoms with van der Waals surface area (Å²) in [6.45, 7) is 4.12. The van der Waals surface area contributed by atoms with Crippen LogP contribution in [0, 0.1) is 29.1 Å². The number of ether oxygens (including phenoxy) is 1. The monoisotopic (exact) mass is 354 g/mol. The minimum absolute atomic E-state index is 0.101. The molecular formula is C23H30O3. The number of rotatable bonds is 2. The second kappa shape index (κ2) is 6.29. The maximum atomic E-state index is 11.5. The van der Waals surface area contributed by atoms with Crippen LogP contribution in [-0.2, 0) is 11.2 Å². The minimum Gasteiger partial charge on any atom is -0.508 e. The Morgan fingerprint density at radius 3 is 2.85 bits per heavy atom. The molecule has 3 nitrogen and oxygen atoms in total. The molecule has 26 heavy (non-hydrogen) atoms. The lowest BCUT2D eigenvalue weighted by molar-refractivity contribution is -0.138. The fourth-order valence-electron chi connectivity index (χ4n) is 6.46. The Morgan fingerprint density at radius 1 is 1.31 bits per heavy atom. The van der Waals surface area contributed by atoms with Crippen LogP contribution in [0.4, 0.5) is 0 Å². The first-order valence-electron chi connectivity index (χ1n) is 9.90. The number of hydrogen-bond donors (Lipinski definition) is 2. The number of aryl methyl sites for hydroxylation is 1. The molecule has 4 rings (SSSR count). The predicted molar refractivity (Wildman–Crippen MR) is 102 cm³/mol. The largest absolute Gasteiger partial charge is 0.508 e. The highest BCUT2D eigenvalue weighted by atomic mass is 16.5.